The number of hydrogen-bond donors (Lipinski definition) is 1. The Balaban J connectivity index is 1.93. The summed E-state index contributed by atoms with van der Waals surface area (Å²) < 4.78 is 0. The highest BCUT2D eigenvalue weighted by Gasteiger charge is 2.87. The number of benzene rings is 1. The zero-order chi connectivity index (χ0) is 19.8. The third-order valence-electron chi connectivity index (χ3n) is 6.26. The van der Waals surface area contributed by atoms with Crippen LogP contribution in [0.3, 0.4) is 0 Å². The number of nitriles is 4. The molecular weight excluding hydrogens is 348 g/mol. The van der Waals surface area contributed by atoms with Crippen LogP contribution in [-0.2, 0) is 0 Å². The molecule has 1 saturated heterocycles. The smallest absolute Gasteiger partial charge is 0.150 e. The quantitative estimate of drug-likeness (QED) is 0.804. The van der Waals surface area contributed by atoms with Crippen molar-refractivity contribution >= 4 is 5.84 Å². The number of nitrogens with one attached hydrogen (secondary N) is 1. The van der Waals surface area contributed by atoms with E-state index in [0.717, 1.165) is 31.2 Å². The minimum absolute atomic E-state index is 0.0989. The highest BCUT2D eigenvalue weighted by Crippen LogP contribution is 2.80. The van der Waals surface area contributed by atoms with E-state index in [2.05, 4.69) is 17.5 Å². The molecule has 3 fully saturated rings. The van der Waals surface area contributed by atoms with Crippen molar-refractivity contribution in [1.82, 2.24) is 5.32 Å². The van der Waals surface area contributed by atoms with Gasteiger partial charge in [-0.3, -0.25) is 4.99 Å². The second kappa shape index (κ2) is 6.53. The maximum absolute atomic E-state index is 10.2. The van der Waals surface area contributed by atoms with Crippen molar-refractivity contribution in [2.75, 3.05) is 0 Å². The van der Waals surface area contributed by atoms with E-state index >= 15 is 0 Å². The van der Waals surface area contributed by atoms with Gasteiger partial charge in [-0.1, -0.05) is 49.6 Å². The number of fused-ring (bicyclic) bond motifs is 1. The van der Waals surface area contributed by atoms with Crippen LogP contribution in [0, 0.1) is 56.2 Å². The predicted octanol–water partition coefficient (Wildman–Crippen LogP) is 3.44. The van der Waals surface area contributed by atoms with Gasteiger partial charge in [0.15, 0.2) is 5.57 Å². The fraction of sp³-hybridized carbons (Fsp3) is 0.409. The van der Waals surface area contributed by atoms with Crippen LogP contribution < -0.4 is 5.32 Å². The van der Waals surface area contributed by atoms with Gasteiger partial charge in [0.1, 0.15) is 28.8 Å². The van der Waals surface area contributed by atoms with Crippen LogP contribution in [0.1, 0.15) is 43.6 Å². The van der Waals surface area contributed by atoms with E-state index in [1.165, 1.54) is 6.42 Å². The fourth-order valence-corrected chi connectivity index (χ4v) is 4.94. The summed E-state index contributed by atoms with van der Waals surface area (Å²) in [6, 6.07) is 17.9. The first-order valence-corrected chi connectivity index (χ1v) is 9.47. The number of allylic oxidation sites excluding steroid dienone is 2. The molecule has 3 atom stereocenters. The largest absolute Gasteiger partial charge is 0.343 e. The minimum atomic E-state index is -1.28. The number of aliphatic imine (C=N–C) groups is 1. The van der Waals surface area contributed by atoms with Gasteiger partial charge in [0.05, 0.1) is 23.9 Å². The Morgan fingerprint density at radius 1 is 0.929 bits per heavy atom. The highest BCUT2D eigenvalue weighted by molar-refractivity contribution is 6.05. The molecule has 3 unspecified atom stereocenters. The topological polar surface area (TPSA) is 120 Å². The minimum Gasteiger partial charge on any atom is -0.343 e. The van der Waals surface area contributed by atoms with Gasteiger partial charge in [-0.15, -0.1) is 0 Å². The second-order valence-corrected chi connectivity index (χ2v) is 7.55. The third kappa shape index (κ3) is 2.13. The monoisotopic (exact) mass is 366 g/mol. The van der Waals surface area contributed by atoms with E-state index in [0.29, 0.717) is 5.84 Å². The van der Waals surface area contributed by atoms with Crippen LogP contribution in [0.2, 0.25) is 0 Å². The van der Waals surface area contributed by atoms with E-state index in [-0.39, 0.29) is 17.3 Å². The Bertz CT molecular complexity index is 1020. The van der Waals surface area contributed by atoms with E-state index < -0.39 is 16.7 Å². The second-order valence-electron chi connectivity index (χ2n) is 7.55. The van der Waals surface area contributed by atoms with Crippen LogP contribution in [-0.4, -0.2) is 11.9 Å². The maximum Gasteiger partial charge on any atom is 0.150 e. The summed E-state index contributed by atoms with van der Waals surface area (Å²) in [4.78, 5) is 4.85. The first-order chi connectivity index (χ1) is 13.7. The molecule has 3 aliphatic rings. The molecule has 0 bridgehead atoms. The molecule has 1 N–H and O–H groups in total. The number of rotatable bonds is 2. The number of nitrogens with zero attached hydrogens (tertiary/aromatic N) is 5. The molecule has 28 heavy (non-hydrogen) atoms. The number of amidine groups is 1. The first-order valence-electron chi connectivity index (χ1n) is 9.47. The molecule has 0 spiro atoms. The van der Waals surface area contributed by atoms with Gasteiger partial charge in [0.2, 0.25) is 0 Å². The molecule has 0 amide bonds. The van der Waals surface area contributed by atoms with Crippen LogP contribution in [0.5, 0.6) is 0 Å². The van der Waals surface area contributed by atoms with Crippen LogP contribution in [0.4, 0.5) is 0 Å². The first kappa shape index (κ1) is 17.8. The third-order valence-corrected chi connectivity index (χ3v) is 6.26. The van der Waals surface area contributed by atoms with Gasteiger partial charge in [0.25, 0.3) is 0 Å². The van der Waals surface area contributed by atoms with Crippen LogP contribution in [0.25, 0.3) is 0 Å². The molecule has 2 aliphatic carbocycles. The molecule has 0 radical (unpaired) electrons. The van der Waals surface area contributed by atoms with Crippen molar-refractivity contribution in [2.45, 2.75) is 44.1 Å². The van der Waals surface area contributed by atoms with Crippen molar-refractivity contribution in [2.24, 2.45) is 15.8 Å². The standard InChI is InChI=1S/C22H18N6/c23-11-16(12-24)19-21(13-25)18(15-7-3-1-4-8-15)22(21,14-26)20(28-19)27-17-9-5-2-6-10-17/h1,3-4,7-8,17-18H,2,5-6,9-10H2,(H,27,28). The summed E-state index contributed by atoms with van der Waals surface area (Å²) in [6.07, 6.45) is 5.27. The van der Waals surface area contributed by atoms with Gasteiger partial charge in [-0.25, -0.2) is 0 Å². The summed E-state index contributed by atoms with van der Waals surface area (Å²) >= 11 is 0. The van der Waals surface area contributed by atoms with Crippen LogP contribution in [0.15, 0.2) is 46.6 Å². The Morgan fingerprint density at radius 3 is 2.14 bits per heavy atom. The molecule has 6 nitrogen and oxygen atoms in total. The van der Waals surface area contributed by atoms with E-state index in [4.69, 9.17) is 4.99 Å². The van der Waals surface area contributed by atoms with Crippen molar-refractivity contribution in [3.8, 4) is 24.3 Å². The lowest BCUT2D eigenvalue weighted by molar-refractivity contribution is 0.441. The van der Waals surface area contributed by atoms with Crippen molar-refractivity contribution < 1.29 is 0 Å². The number of piperidine rings is 1. The van der Waals surface area contributed by atoms with E-state index in [9.17, 15) is 21.0 Å². The lowest BCUT2D eigenvalue weighted by atomic mass is 9.92. The summed E-state index contributed by atoms with van der Waals surface area (Å²) in [5.74, 6) is -0.0122. The van der Waals surface area contributed by atoms with E-state index in [1.54, 1.807) is 0 Å². The van der Waals surface area contributed by atoms with Gasteiger partial charge in [-0.2, -0.15) is 21.0 Å². The zero-order valence-electron chi connectivity index (χ0n) is 15.3. The molecule has 2 saturated carbocycles. The molecule has 1 aromatic rings. The average Bonchev–Trinajstić information content (AvgIpc) is 3.29. The van der Waals surface area contributed by atoms with Gasteiger partial charge >= 0.3 is 0 Å². The predicted molar refractivity (Wildman–Crippen MR) is 101 cm³/mol. The number of hydrogen-bond acceptors (Lipinski definition) is 5. The van der Waals surface area contributed by atoms with Gasteiger partial charge in [-0.05, 0) is 18.4 Å². The Morgan fingerprint density at radius 2 is 1.57 bits per heavy atom. The highest BCUT2D eigenvalue weighted by atomic mass is 15.2. The molecule has 1 aliphatic heterocycles. The summed E-state index contributed by atoms with van der Waals surface area (Å²) in [5.41, 5.74) is -1.55. The SMILES string of the molecule is N#CC(C#N)=C1NC(=NC2CCCCC2)C2(C#N)C(c3ccccc3)C12C#N. The maximum atomic E-state index is 10.2. The van der Waals surface area contributed by atoms with Gasteiger partial charge in [0, 0.05) is 5.92 Å². The Kier molecular flexibility index (Phi) is 4.15. The fourth-order valence-electron chi connectivity index (χ4n) is 4.94. The average molecular weight is 366 g/mol. The van der Waals surface area contributed by atoms with E-state index in [1.807, 2.05) is 42.5 Å². The van der Waals surface area contributed by atoms with Crippen molar-refractivity contribution in [1.29, 1.82) is 21.0 Å². The summed E-state index contributed by atoms with van der Waals surface area (Å²) in [5, 5.41) is 42.4. The van der Waals surface area contributed by atoms with Crippen molar-refractivity contribution in [3.05, 3.63) is 47.2 Å². The van der Waals surface area contributed by atoms with Gasteiger partial charge < -0.3 is 5.32 Å². The van der Waals surface area contributed by atoms with Crippen molar-refractivity contribution in [3.63, 3.8) is 0 Å². The Hall–Kier alpha value is -3.61. The summed E-state index contributed by atoms with van der Waals surface area (Å²) in [7, 11) is 0. The molecule has 6 heteroatoms. The zero-order valence-corrected chi connectivity index (χ0v) is 15.3. The molecular formula is C22H18N6. The normalized spacial score (nSPS) is 32.2. The molecule has 1 heterocycles. The van der Waals surface area contributed by atoms with Crippen LogP contribution >= 0.6 is 0 Å². The lowest BCUT2D eigenvalue weighted by Gasteiger charge is -2.21. The molecule has 4 rings (SSSR count). The molecule has 1 aromatic carbocycles. The Labute approximate surface area is 164 Å². The molecule has 0 aromatic heterocycles. The lowest BCUT2D eigenvalue weighted by Crippen LogP contribution is -2.29. The summed E-state index contributed by atoms with van der Waals surface area (Å²) in [6.45, 7) is 0. The molecule has 136 valence electrons.